The van der Waals surface area contributed by atoms with Crippen molar-refractivity contribution in [2.75, 3.05) is 25.5 Å². The van der Waals surface area contributed by atoms with Crippen LogP contribution in [0.15, 0.2) is 24.3 Å². The van der Waals surface area contributed by atoms with Crippen LogP contribution in [0.25, 0.3) is 0 Å². The highest BCUT2D eigenvalue weighted by Crippen LogP contribution is 2.20. The Kier molecular flexibility index (Phi) is 5.33. The van der Waals surface area contributed by atoms with Gasteiger partial charge >= 0.3 is 0 Å². The normalized spacial score (nSPS) is 18.4. The van der Waals surface area contributed by atoms with Gasteiger partial charge in [-0.15, -0.1) is 0 Å². The molecule has 2 amide bonds. The summed E-state index contributed by atoms with van der Waals surface area (Å²) in [7, 11) is 1.72. The molecular formula is C16H23N3O2. The van der Waals surface area contributed by atoms with Crippen molar-refractivity contribution in [3.05, 3.63) is 29.8 Å². The van der Waals surface area contributed by atoms with Gasteiger partial charge in [0, 0.05) is 23.8 Å². The largest absolute Gasteiger partial charge is 0.336 e. The number of rotatable bonds is 4. The van der Waals surface area contributed by atoms with Gasteiger partial charge in [-0.3, -0.25) is 9.59 Å². The highest BCUT2D eigenvalue weighted by molar-refractivity contribution is 5.96. The fourth-order valence-corrected chi connectivity index (χ4v) is 2.63. The minimum atomic E-state index is -0.0961. The van der Waals surface area contributed by atoms with Crippen molar-refractivity contribution in [2.24, 2.45) is 0 Å². The summed E-state index contributed by atoms with van der Waals surface area (Å²) < 4.78 is 0. The smallest absolute Gasteiger partial charge is 0.254 e. The molecule has 5 heteroatoms. The minimum absolute atomic E-state index is 0.0790. The average molecular weight is 289 g/mol. The van der Waals surface area contributed by atoms with Crippen molar-refractivity contribution in [1.82, 2.24) is 10.2 Å². The molecule has 5 nitrogen and oxygen atoms in total. The second kappa shape index (κ2) is 7.22. The highest BCUT2D eigenvalue weighted by Gasteiger charge is 2.23. The van der Waals surface area contributed by atoms with E-state index < -0.39 is 0 Å². The predicted octanol–water partition coefficient (Wildman–Crippen LogP) is 1.86. The van der Waals surface area contributed by atoms with Crippen LogP contribution in [0.3, 0.4) is 0 Å². The molecule has 1 aliphatic heterocycles. The molecule has 0 bridgehead atoms. The van der Waals surface area contributed by atoms with Crippen molar-refractivity contribution in [2.45, 2.75) is 32.2 Å². The average Bonchev–Trinajstić information content (AvgIpc) is 2.48. The molecule has 0 aliphatic carbocycles. The maximum Gasteiger partial charge on any atom is 0.254 e. The van der Waals surface area contributed by atoms with Gasteiger partial charge in [-0.2, -0.15) is 0 Å². The van der Waals surface area contributed by atoms with Crippen LogP contribution in [0, 0.1) is 0 Å². The number of amides is 2. The molecule has 0 spiro atoms. The van der Waals surface area contributed by atoms with E-state index >= 15 is 0 Å². The number of hydrogen-bond acceptors (Lipinski definition) is 3. The van der Waals surface area contributed by atoms with Gasteiger partial charge in [0.25, 0.3) is 5.91 Å². The first kappa shape index (κ1) is 15.5. The summed E-state index contributed by atoms with van der Waals surface area (Å²) in [5.41, 5.74) is 1.38. The van der Waals surface area contributed by atoms with E-state index in [-0.39, 0.29) is 18.4 Å². The Morgan fingerprint density at radius 1 is 1.24 bits per heavy atom. The van der Waals surface area contributed by atoms with E-state index in [1.54, 1.807) is 31.3 Å². The molecule has 0 aromatic heterocycles. The van der Waals surface area contributed by atoms with Crippen LogP contribution in [0.2, 0.25) is 0 Å². The summed E-state index contributed by atoms with van der Waals surface area (Å²) in [5, 5.41) is 5.56. The number of hydrogen-bond donors (Lipinski definition) is 2. The van der Waals surface area contributed by atoms with Gasteiger partial charge in [0.15, 0.2) is 0 Å². The highest BCUT2D eigenvalue weighted by atomic mass is 16.2. The summed E-state index contributed by atoms with van der Waals surface area (Å²) >= 11 is 0. The van der Waals surface area contributed by atoms with Crippen LogP contribution >= 0.6 is 0 Å². The molecule has 1 aromatic rings. The zero-order chi connectivity index (χ0) is 15.2. The first-order valence-corrected chi connectivity index (χ1v) is 7.47. The molecule has 2 rings (SSSR count). The molecule has 21 heavy (non-hydrogen) atoms. The van der Waals surface area contributed by atoms with E-state index in [4.69, 9.17) is 0 Å². The van der Waals surface area contributed by atoms with Gasteiger partial charge in [0.1, 0.15) is 0 Å². The van der Waals surface area contributed by atoms with Gasteiger partial charge in [0.05, 0.1) is 6.54 Å². The Morgan fingerprint density at radius 3 is 2.57 bits per heavy atom. The van der Waals surface area contributed by atoms with Gasteiger partial charge < -0.3 is 15.5 Å². The Labute approximate surface area is 125 Å². The standard InChI is InChI=1S/C16H23N3O2/c1-12-5-3-4-10-19(12)16(21)13-6-8-14(9-7-13)18-15(20)11-17-2/h6-9,12,17H,3-5,10-11H2,1-2H3,(H,18,20). The second-order valence-electron chi connectivity index (χ2n) is 5.50. The van der Waals surface area contributed by atoms with E-state index in [9.17, 15) is 9.59 Å². The lowest BCUT2D eigenvalue weighted by Gasteiger charge is -2.33. The summed E-state index contributed by atoms with van der Waals surface area (Å²) in [6.45, 7) is 3.20. The molecule has 0 saturated carbocycles. The summed E-state index contributed by atoms with van der Waals surface area (Å²) in [6.07, 6.45) is 3.35. The zero-order valence-electron chi connectivity index (χ0n) is 12.7. The van der Waals surface area contributed by atoms with E-state index in [2.05, 4.69) is 17.6 Å². The first-order chi connectivity index (χ1) is 10.1. The summed E-state index contributed by atoms with van der Waals surface area (Å²) in [4.78, 5) is 25.9. The lowest BCUT2D eigenvalue weighted by atomic mass is 10.0. The predicted molar refractivity (Wildman–Crippen MR) is 83.3 cm³/mol. The topological polar surface area (TPSA) is 61.4 Å². The van der Waals surface area contributed by atoms with Crippen molar-refractivity contribution < 1.29 is 9.59 Å². The number of carbonyl (C=O) groups excluding carboxylic acids is 2. The third-order valence-corrected chi connectivity index (χ3v) is 3.82. The number of carbonyl (C=O) groups is 2. The molecule has 1 aliphatic rings. The Balaban J connectivity index is 2.01. The third-order valence-electron chi connectivity index (χ3n) is 3.82. The molecule has 1 unspecified atom stereocenters. The van der Waals surface area contributed by atoms with Gasteiger partial charge in [0.2, 0.25) is 5.91 Å². The lowest BCUT2D eigenvalue weighted by molar-refractivity contribution is -0.115. The molecule has 0 radical (unpaired) electrons. The number of benzene rings is 1. The number of nitrogens with one attached hydrogen (secondary N) is 2. The van der Waals surface area contributed by atoms with E-state index in [1.165, 1.54) is 6.42 Å². The van der Waals surface area contributed by atoms with E-state index in [1.807, 2.05) is 4.90 Å². The quantitative estimate of drug-likeness (QED) is 0.889. The lowest BCUT2D eigenvalue weighted by Crippen LogP contribution is -2.42. The van der Waals surface area contributed by atoms with Crippen LogP contribution in [-0.4, -0.2) is 42.9 Å². The molecular weight excluding hydrogens is 266 g/mol. The van der Waals surface area contributed by atoms with Crippen molar-refractivity contribution >= 4 is 17.5 Å². The number of piperidine rings is 1. The van der Waals surface area contributed by atoms with Crippen LogP contribution in [0.1, 0.15) is 36.5 Å². The number of likely N-dealkylation sites (N-methyl/N-ethyl adjacent to an activating group) is 1. The molecule has 114 valence electrons. The monoisotopic (exact) mass is 289 g/mol. The van der Waals surface area contributed by atoms with Crippen molar-refractivity contribution in [3.63, 3.8) is 0 Å². The zero-order valence-corrected chi connectivity index (χ0v) is 12.7. The molecule has 1 fully saturated rings. The Bertz CT molecular complexity index is 499. The summed E-state index contributed by atoms with van der Waals surface area (Å²) in [6, 6.07) is 7.41. The van der Waals surface area contributed by atoms with Crippen molar-refractivity contribution in [3.8, 4) is 0 Å². The van der Waals surface area contributed by atoms with Gasteiger partial charge in [-0.1, -0.05) is 0 Å². The van der Waals surface area contributed by atoms with E-state index in [0.29, 0.717) is 17.3 Å². The Morgan fingerprint density at radius 2 is 1.95 bits per heavy atom. The second-order valence-corrected chi connectivity index (χ2v) is 5.50. The van der Waals surface area contributed by atoms with Crippen LogP contribution in [0.4, 0.5) is 5.69 Å². The van der Waals surface area contributed by atoms with Crippen LogP contribution < -0.4 is 10.6 Å². The minimum Gasteiger partial charge on any atom is -0.336 e. The maximum atomic E-state index is 12.5. The van der Waals surface area contributed by atoms with Gasteiger partial charge in [-0.05, 0) is 57.5 Å². The fourth-order valence-electron chi connectivity index (χ4n) is 2.63. The third kappa shape index (κ3) is 4.04. The van der Waals surface area contributed by atoms with Crippen molar-refractivity contribution in [1.29, 1.82) is 0 Å². The molecule has 1 heterocycles. The number of nitrogens with zero attached hydrogens (tertiary/aromatic N) is 1. The first-order valence-electron chi connectivity index (χ1n) is 7.47. The van der Waals surface area contributed by atoms with E-state index in [0.717, 1.165) is 19.4 Å². The molecule has 1 saturated heterocycles. The number of anilines is 1. The SMILES string of the molecule is CNCC(=O)Nc1ccc(C(=O)N2CCCCC2C)cc1. The van der Waals surface area contributed by atoms with Crippen LogP contribution in [0.5, 0.6) is 0 Å². The Hall–Kier alpha value is -1.88. The van der Waals surface area contributed by atoms with Gasteiger partial charge in [-0.25, -0.2) is 0 Å². The fraction of sp³-hybridized carbons (Fsp3) is 0.500. The summed E-state index contributed by atoms with van der Waals surface area (Å²) in [5.74, 6) is -0.0171. The molecule has 1 atom stereocenters. The number of likely N-dealkylation sites (tertiary alicyclic amines) is 1. The molecule has 2 N–H and O–H groups in total. The molecule has 1 aromatic carbocycles. The maximum absolute atomic E-state index is 12.5. The van der Waals surface area contributed by atoms with Crippen LogP contribution in [-0.2, 0) is 4.79 Å².